The fourth-order valence-corrected chi connectivity index (χ4v) is 2.25. The first-order valence-corrected chi connectivity index (χ1v) is 7.35. The zero-order chi connectivity index (χ0) is 15.1. The highest BCUT2D eigenvalue weighted by Crippen LogP contribution is 2.20. The highest BCUT2D eigenvalue weighted by Gasteiger charge is 2.04. The molecule has 0 spiro atoms. The molecule has 0 fully saturated rings. The Morgan fingerprint density at radius 2 is 2.33 bits per heavy atom. The van der Waals surface area contributed by atoms with E-state index in [0.29, 0.717) is 24.2 Å². The molecule has 0 radical (unpaired) electrons. The third-order valence-electron chi connectivity index (χ3n) is 2.66. The second kappa shape index (κ2) is 7.61. The fourth-order valence-electron chi connectivity index (χ4n) is 1.70. The first-order valence-electron chi connectivity index (χ1n) is 6.47. The summed E-state index contributed by atoms with van der Waals surface area (Å²) >= 11 is 1.40. The number of rotatable bonds is 7. The Morgan fingerprint density at radius 1 is 1.48 bits per heavy atom. The van der Waals surface area contributed by atoms with Crippen molar-refractivity contribution in [3.05, 3.63) is 34.7 Å². The minimum atomic E-state index is 0.487. The molecule has 0 amide bonds. The van der Waals surface area contributed by atoms with E-state index < -0.39 is 0 Å². The van der Waals surface area contributed by atoms with Gasteiger partial charge < -0.3 is 15.2 Å². The average Bonchev–Trinajstić information content (AvgIpc) is 2.91. The SMILES string of the molecule is CCOCc1cc(C=NNc2nc(N)cs2)ccc1OC. The second-order valence-electron chi connectivity index (χ2n) is 4.16. The van der Waals surface area contributed by atoms with E-state index in [0.717, 1.165) is 16.9 Å². The van der Waals surface area contributed by atoms with Crippen LogP contribution in [0.3, 0.4) is 0 Å². The van der Waals surface area contributed by atoms with Crippen LogP contribution in [0, 0.1) is 0 Å². The summed E-state index contributed by atoms with van der Waals surface area (Å²) in [7, 11) is 1.65. The van der Waals surface area contributed by atoms with Crippen molar-refractivity contribution in [2.45, 2.75) is 13.5 Å². The molecule has 1 heterocycles. The van der Waals surface area contributed by atoms with Crippen LogP contribution >= 0.6 is 11.3 Å². The van der Waals surface area contributed by atoms with Gasteiger partial charge in [-0.25, -0.2) is 4.98 Å². The molecule has 6 nitrogen and oxygen atoms in total. The molecule has 2 rings (SSSR count). The highest BCUT2D eigenvalue weighted by molar-refractivity contribution is 7.14. The molecule has 0 saturated carbocycles. The van der Waals surface area contributed by atoms with Crippen LogP contribution in [0.25, 0.3) is 0 Å². The number of nitrogen functional groups attached to an aromatic ring is 1. The number of hydrogen-bond acceptors (Lipinski definition) is 7. The molecular weight excluding hydrogens is 288 g/mol. The molecule has 0 saturated heterocycles. The molecule has 0 bridgehead atoms. The molecule has 7 heteroatoms. The van der Waals surface area contributed by atoms with Crippen LogP contribution in [0.1, 0.15) is 18.1 Å². The van der Waals surface area contributed by atoms with Crippen molar-refractivity contribution in [3.63, 3.8) is 0 Å². The number of hydrazone groups is 1. The molecule has 21 heavy (non-hydrogen) atoms. The number of benzene rings is 1. The van der Waals surface area contributed by atoms with Gasteiger partial charge in [-0.05, 0) is 30.7 Å². The monoisotopic (exact) mass is 306 g/mol. The molecule has 3 N–H and O–H groups in total. The van der Waals surface area contributed by atoms with Crippen molar-refractivity contribution >= 4 is 28.5 Å². The lowest BCUT2D eigenvalue weighted by Crippen LogP contribution is -1.98. The second-order valence-corrected chi connectivity index (χ2v) is 5.01. The number of aromatic nitrogens is 1. The number of hydrogen-bond donors (Lipinski definition) is 2. The van der Waals surface area contributed by atoms with Gasteiger partial charge in [0.1, 0.15) is 11.6 Å². The maximum Gasteiger partial charge on any atom is 0.205 e. The molecule has 112 valence electrons. The summed E-state index contributed by atoms with van der Waals surface area (Å²) in [4.78, 5) is 4.06. The van der Waals surface area contributed by atoms with Gasteiger partial charge in [-0.15, -0.1) is 11.3 Å². The fraction of sp³-hybridized carbons (Fsp3) is 0.286. The van der Waals surface area contributed by atoms with Gasteiger partial charge >= 0.3 is 0 Å². The quantitative estimate of drug-likeness (QED) is 0.607. The number of thiazole rings is 1. The Labute approximate surface area is 127 Å². The molecule has 2 aromatic rings. The van der Waals surface area contributed by atoms with Gasteiger partial charge in [-0.2, -0.15) is 5.10 Å². The lowest BCUT2D eigenvalue weighted by molar-refractivity contribution is 0.132. The van der Waals surface area contributed by atoms with Gasteiger partial charge in [0.05, 0.1) is 19.9 Å². The van der Waals surface area contributed by atoms with E-state index in [1.807, 2.05) is 25.1 Å². The summed E-state index contributed by atoms with van der Waals surface area (Å²) < 4.78 is 10.7. The zero-order valence-electron chi connectivity index (χ0n) is 12.0. The molecule has 0 aliphatic rings. The maximum atomic E-state index is 5.54. The van der Waals surface area contributed by atoms with Gasteiger partial charge in [0, 0.05) is 17.6 Å². The van der Waals surface area contributed by atoms with Crippen LogP contribution in [0.2, 0.25) is 0 Å². The Hall–Kier alpha value is -2.12. The first kappa shape index (κ1) is 15.3. The topological polar surface area (TPSA) is 81.8 Å². The average molecular weight is 306 g/mol. The number of ether oxygens (including phenoxy) is 2. The van der Waals surface area contributed by atoms with Crippen molar-refractivity contribution in [1.29, 1.82) is 0 Å². The Kier molecular flexibility index (Phi) is 5.53. The number of anilines is 2. The van der Waals surface area contributed by atoms with Crippen molar-refractivity contribution < 1.29 is 9.47 Å². The summed E-state index contributed by atoms with van der Waals surface area (Å²) in [5.41, 5.74) is 10.3. The van der Waals surface area contributed by atoms with E-state index in [4.69, 9.17) is 15.2 Å². The third kappa shape index (κ3) is 4.44. The van der Waals surface area contributed by atoms with E-state index in [1.54, 1.807) is 18.7 Å². The van der Waals surface area contributed by atoms with Crippen LogP contribution in [-0.2, 0) is 11.3 Å². The van der Waals surface area contributed by atoms with Crippen LogP contribution in [0.4, 0.5) is 10.9 Å². The van der Waals surface area contributed by atoms with E-state index in [1.165, 1.54) is 11.3 Å². The summed E-state index contributed by atoms with van der Waals surface area (Å²) in [6.45, 7) is 3.13. The summed E-state index contributed by atoms with van der Waals surface area (Å²) in [5.74, 6) is 1.29. The van der Waals surface area contributed by atoms with Crippen LogP contribution < -0.4 is 15.9 Å². The third-order valence-corrected chi connectivity index (χ3v) is 3.43. The van der Waals surface area contributed by atoms with Gasteiger partial charge in [0.15, 0.2) is 0 Å². The standard InChI is InChI=1S/C14H18N4O2S/c1-3-20-8-11-6-10(4-5-12(11)19-2)7-16-18-14-17-13(15)9-21-14/h4-7,9H,3,8,15H2,1-2H3,(H,17,18). The molecule has 0 aliphatic carbocycles. The predicted molar refractivity (Wildman–Crippen MR) is 86.1 cm³/mol. The van der Waals surface area contributed by atoms with E-state index >= 15 is 0 Å². The smallest absolute Gasteiger partial charge is 0.205 e. The summed E-state index contributed by atoms with van der Waals surface area (Å²) in [5, 5.41) is 6.55. The lowest BCUT2D eigenvalue weighted by Gasteiger charge is -2.09. The number of nitrogens with one attached hydrogen (secondary N) is 1. The largest absolute Gasteiger partial charge is 0.496 e. The minimum Gasteiger partial charge on any atom is -0.496 e. The minimum absolute atomic E-state index is 0.487. The van der Waals surface area contributed by atoms with Gasteiger partial charge in [0.2, 0.25) is 5.13 Å². The van der Waals surface area contributed by atoms with Gasteiger partial charge in [-0.3, -0.25) is 5.43 Å². The molecule has 0 aliphatic heterocycles. The van der Waals surface area contributed by atoms with Crippen molar-refractivity contribution in [1.82, 2.24) is 4.98 Å². The number of nitrogens with zero attached hydrogens (tertiary/aromatic N) is 2. The lowest BCUT2D eigenvalue weighted by atomic mass is 10.1. The number of methoxy groups -OCH3 is 1. The predicted octanol–water partition coefficient (Wildman–Crippen LogP) is 2.72. The summed E-state index contributed by atoms with van der Waals surface area (Å²) in [6.07, 6.45) is 1.71. The van der Waals surface area contributed by atoms with Gasteiger partial charge in [0.25, 0.3) is 0 Å². The molecule has 0 unspecified atom stereocenters. The van der Waals surface area contributed by atoms with Crippen molar-refractivity contribution in [3.8, 4) is 5.75 Å². The van der Waals surface area contributed by atoms with Crippen LogP contribution in [0.5, 0.6) is 5.75 Å². The molecule has 0 atom stereocenters. The van der Waals surface area contributed by atoms with Crippen molar-refractivity contribution in [2.24, 2.45) is 5.10 Å². The first-order chi connectivity index (χ1) is 10.2. The van der Waals surface area contributed by atoms with Crippen molar-refractivity contribution in [2.75, 3.05) is 24.9 Å². The summed E-state index contributed by atoms with van der Waals surface area (Å²) in [6, 6.07) is 5.81. The molecule has 1 aromatic heterocycles. The Bertz CT molecular complexity index is 613. The van der Waals surface area contributed by atoms with E-state index in [9.17, 15) is 0 Å². The normalized spacial score (nSPS) is 11.0. The zero-order valence-corrected chi connectivity index (χ0v) is 12.8. The number of nitrogens with two attached hydrogens (primary N) is 1. The van der Waals surface area contributed by atoms with Gasteiger partial charge in [-0.1, -0.05) is 0 Å². The molecular formula is C14H18N4O2S. The Morgan fingerprint density at radius 3 is 3.00 bits per heavy atom. The highest BCUT2D eigenvalue weighted by atomic mass is 32.1. The van der Waals surface area contributed by atoms with Crippen LogP contribution in [-0.4, -0.2) is 24.9 Å². The maximum absolute atomic E-state index is 5.54. The van der Waals surface area contributed by atoms with E-state index in [-0.39, 0.29) is 0 Å². The van der Waals surface area contributed by atoms with Crippen LogP contribution in [0.15, 0.2) is 28.7 Å². The molecule has 1 aromatic carbocycles. The Balaban J connectivity index is 2.05. The van der Waals surface area contributed by atoms with E-state index in [2.05, 4.69) is 15.5 Å².